The molecule has 0 unspecified atom stereocenters. The lowest BCUT2D eigenvalue weighted by Crippen LogP contribution is -2.38. The highest BCUT2D eigenvalue weighted by molar-refractivity contribution is 7.92. The molecular formula is C19H23ClN2O3S. The van der Waals surface area contributed by atoms with Gasteiger partial charge in [0.15, 0.2) is 0 Å². The molecule has 0 spiro atoms. The molecule has 0 aliphatic rings. The van der Waals surface area contributed by atoms with E-state index in [1.54, 1.807) is 24.3 Å². The molecule has 140 valence electrons. The van der Waals surface area contributed by atoms with Gasteiger partial charge >= 0.3 is 0 Å². The van der Waals surface area contributed by atoms with Crippen molar-refractivity contribution >= 4 is 38.9 Å². The molecule has 7 heteroatoms. The van der Waals surface area contributed by atoms with Crippen molar-refractivity contribution in [2.24, 2.45) is 0 Å². The minimum absolute atomic E-state index is 0.286. The summed E-state index contributed by atoms with van der Waals surface area (Å²) in [4.78, 5) is 12.5. The first-order valence-corrected chi connectivity index (χ1v) is 10.6. The van der Waals surface area contributed by atoms with Crippen LogP contribution >= 0.6 is 11.6 Å². The Morgan fingerprint density at radius 1 is 1.04 bits per heavy atom. The van der Waals surface area contributed by atoms with Crippen LogP contribution in [0.15, 0.2) is 42.5 Å². The van der Waals surface area contributed by atoms with E-state index in [1.807, 2.05) is 32.0 Å². The molecule has 5 nitrogen and oxygen atoms in total. The van der Waals surface area contributed by atoms with Crippen LogP contribution in [0, 0.1) is 0 Å². The molecule has 2 aromatic carbocycles. The Hall–Kier alpha value is -2.05. The summed E-state index contributed by atoms with van der Waals surface area (Å²) in [6.07, 6.45) is 2.47. The highest BCUT2D eigenvalue weighted by Crippen LogP contribution is 2.29. The van der Waals surface area contributed by atoms with Gasteiger partial charge in [-0.1, -0.05) is 43.6 Å². The largest absolute Gasteiger partial charge is 0.325 e. The number of para-hydroxylation sites is 1. The average molecular weight is 395 g/mol. The zero-order valence-corrected chi connectivity index (χ0v) is 16.7. The smallest absolute Gasteiger partial charge is 0.245 e. The molecule has 0 saturated carbocycles. The third kappa shape index (κ3) is 4.99. The molecule has 0 radical (unpaired) electrons. The van der Waals surface area contributed by atoms with Gasteiger partial charge in [-0.3, -0.25) is 9.10 Å². The van der Waals surface area contributed by atoms with Gasteiger partial charge in [0, 0.05) is 10.7 Å². The van der Waals surface area contributed by atoms with Crippen LogP contribution in [0.5, 0.6) is 0 Å². The van der Waals surface area contributed by atoms with E-state index < -0.39 is 15.9 Å². The SMILES string of the molecule is CCc1cccc(CC)c1N(CC(=O)Nc1ccc(Cl)cc1)S(C)(=O)=O. The van der Waals surface area contributed by atoms with Crippen LogP contribution in [0.2, 0.25) is 5.02 Å². The molecule has 0 aromatic heterocycles. The lowest BCUT2D eigenvalue weighted by Gasteiger charge is -2.26. The van der Waals surface area contributed by atoms with Crippen LogP contribution in [-0.2, 0) is 27.7 Å². The maximum Gasteiger partial charge on any atom is 0.245 e. The summed E-state index contributed by atoms with van der Waals surface area (Å²) in [6.45, 7) is 3.64. The van der Waals surface area contributed by atoms with Gasteiger partial charge in [-0.15, -0.1) is 0 Å². The van der Waals surface area contributed by atoms with Gasteiger partial charge < -0.3 is 5.32 Å². The first kappa shape index (κ1) is 20.3. The van der Waals surface area contributed by atoms with E-state index in [4.69, 9.17) is 11.6 Å². The van der Waals surface area contributed by atoms with Gasteiger partial charge in [0.1, 0.15) is 6.54 Å². The van der Waals surface area contributed by atoms with E-state index in [0.717, 1.165) is 17.4 Å². The average Bonchev–Trinajstić information content (AvgIpc) is 2.60. The van der Waals surface area contributed by atoms with Crippen LogP contribution in [-0.4, -0.2) is 27.1 Å². The fourth-order valence-electron chi connectivity index (χ4n) is 2.76. The van der Waals surface area contributed by atoms with E-state index in [9.17, 15) is 13.2 Å². The van der Waals surface area contributed by atoms with Gasteiger partial charge in [-0.2, -0.15) is 0 Å². The maximum absolute atomic E-state index is 12.5. The highest BCUT2D eigenvalue weighted by Gasteiger charge is 2.25. The number of halogens is 1. The summed E-state index contributed by atoms with van der Waals surface area (Å²) in [6, 6.07) is 12.4. The summed E-state index contributed by atoms with van der Waals surface area (Å²) in [5.74, 6) is -0.411. The number of aryl methyl sites for hydroxylation is 2. The molecule has 0 bridgehead atoms. The van der Waals surface area contributed by atoms with E-state index in [-0.39, 0.29) is 6.54 Å². The van der Waals surface area contributed by atoms with Gasteiger partial charge in [0.2, 0.25) is 15.9 Å². The molecule has 2 rings (SSSR count). The molecule has 0 fully saturated rings. The van der Waals surface area contributed by atoms with Crippen molar-refractivity contribution in [1.82, 2.24) is 0 Å². The van der Waals surface area contributed by atoms with Crippen LogP contribution in [0.3, 0.4) is 0 Å². The number of hydrogen-bond donors (Lipinski definition) is 1. The zero-order valence-electron chi connectivity index (χ0n) is 15.1. The van der Waals surface area contributed by atoms with Gasteiger partial charge in [-0.05, 0) is 48.2 Å². The number of sulfonamides is 1. The first-order chi connectivity index (χ1) is 12.3. The summed E-state index contributed by atoms with van der Waals surface area (Å²) in [5, 5.41) is 3.27. The minimum Gasteiger partial charge on any atom is -0.325 e. The predicted molar refractivity (Wildman–Crippen MR) is 107 cm³/mol. The number of benzene rings is 2. The van der Waals surface area contributed by atoms with Crippen LogP contribution in [0.25, 0.3) is 0 Å². The van der Waals surface area contributed by atoms with E-state index >= 15 is 0 Å². The summed E-state index contributed by atoms with van der Waals surface area (Å²) in [7, 11) is -3.63. The minimum atomic E-state index is -3.63. The van der Waals surface area contributed by atoms with Crippen LogP contribution in [0.1, 0.15) is 25.0 Å². The number of nitrogens with zero attached hydrogens (tertiary/aromatic N) is 1. The number of carbonyl (C=O) groups excluding carboxylic acids is 1. The van der Waals surface area contributed by atoms with E-state index in [2.05, 4.69) is 5.32 Å². The Balaban J connectivity index is 2.35. The second-order valence-electron chi connectivity index (χ2n) is 5.96. The van der Waals surface area contributed by atoms with E-state index in [1.165, 1.54) is 4.31 Å². The van der Waals surface area contributed by atoms with E-state index in [0.29, 0.717) is 29.2 Å². The summed E-state index contributed by atoms with van der Waals surface area (Å²) in [5.41, 5.74) is 2.96. The standard InChI is InChI=1S/C19H23ClN2O3S/c1-4-14-7-6-8-15(5-2)19(14)22(26(3,24)25)13-18(23)21-17-11-9-16(20)10-12-17/h6-12H,4-5,13H2,1-3H3,(H,21,23). The molecule has 0 aliphatic heterocycles. The lowest BCUT2D eigenvalue weighted by molar-refractivity contribution is -0.114. The van der Waals surface area contributed by atoms with Crippen molar-refractivity contribution in [3.8, 4) is 0 Å². The number of rotatable bonds is 7. The monoisotopic (exact) mass is 394 g/mol. The Bertz CT molecular complexity index is 858. The van der Waals surface area contributed by atoms with Crippen molar-refractivity contribution in [3.63, 3.8) is 0 Å². The quantitative estimate of drug-likeness (QED) is 0.775. The van der Waals surface area contributed by atoms with Gasteiger partial charge in [0.05, 0.1) is 11.9 Å². The summed E-state index contributed by atoms with van der Waals surface area (Å²) < 4.78 is 26.0. The maximum atomic E-state index is 12.5. The number of nitrogens with one attached hydrogen (secondary N) is 1. The Kier molecular flexibility index (Phi) is 6.67. The van der Waals surface area contributed by atoms with Crippen LogP contribution in [0.4, 0.5) is 11.4 Å². The number of carbonyl (C=O) groups is 1. The van der Waals surface area contributed by atoms with Gasteiger partial charge in [-0.25, -0.2) is 8.42 Å². The molecule has 1 N–H and O–H groups in total. The lowest BCUT2D eigenvalue weighted by atomic mass is 10.0. The summed E-state index contributed by atoms with van der Waals surface area (Å²) >= 11 is 5.84. The zero-order chi connectivity index (χ0) is 19.3. The fourth-order valence-corrected chi connectivity index (χ4v) is 3.81. The molecule has 0 saturated heterocycles. The topological polar surface area (TPSA) is 66.5 Å². The van der Waals surface area contributed by atoms with Crippen LogP contribution < -0.4 is 9.62 Å². The molecule has 1 amide bonds. The van der Waals surface area contributed by atoms with Crippen molar-refractivity contribution in [2.45, 2.75) is 26.7 Å². The highest BCUT2D eigenvalue weighted by atomic mass is 35.5. The molecule has 0 aliphatic carbocycles. The normalized spacial score (nSPS) is 11.2. The third-order valence-electron chi connectivity index (χ3n) is 4.03. The van der Waals surface area contributed by atoms with Crippen molar-refractivity contribution in [2.75, 3.05) is 22.4 Å². The third-order valence-corrected chi connectivity index (χ3v) is 5.39. The molecule has 0 atom stereocenters. The Morgan fingerprint density at radius 3 is 2.04 bits per heavy atom. The fraction of sp³-hybridized carbons (Fsp3) is 0.316. The molecular weight excluding hydrogens is 372 g/mol. The number of hydrogen-bond acceptors (Lipinski definition) is 3. The molecule has 26 heavy (non-hydrogen) atoms. The van der Waals surface area contributed by atoms with Gasteiger partial charge in [0.25, 0.3) is 0 Å². The first-order valence-electron chi connectivity index (χ1n) is 8.40. The number of amides is 1. The Morgan fingerprint density at radius 2 is 1.58 bits per heavy atom. The predicted octanol–water partition coefficient (Wildman–Crippen LogP) is 3.87. The molecule has 2 aromatic rings. The Labute approximate surface area is 160 Å². The number of anilines is 2. The van der Waals surface area contributed by atoms with Crippen molar-refractivity contribution in [1.29, 1.82) is 0 Å². The second kappa shape index (κ2) is 8.56. The molecule has 0 heterocycles. The van der Waals surface area contributed by atoms with Crippen molar-refractivity contribution < 1.29 is 13.2 Å². The second-order valence-corrected chi connectivity index (χ2v) is 8.30. The van der Waals surface area contributed by atoms with Crippen molar-refractivity contribution in [3.05, 3.63) is 58.6 Å².